The van der Waals surface area contributed by atoms with Crippen LogP contribution in [0.1, 0.15) is 83.8 Å². The van der Waals surface area contributed by atoms with Crippen molar-refractivity contribution in [2.45, 2.75) is 79.1 Å². The Labute approximate surface area is 175 Å². The van der Waals surface area contributed by atoms with Crippen LogP contribution in [0, 0.1) is 5.92 Å². The van der Waals surface area contributed by atoms with Crippen molar-refractivity contribution in [1.29, 1.82) is 0 Å². The van der Waals surface area contributed by atoms with Crippen molar-refractivity contribution in [3.05, 3.63) is 47.1 Å². The molecular weight excluding hydrogens is 364 g/mol. The molecule has 4 nitrogen and oxygen atoms in total. The van der Waals surface area contributed by atoms with Crippen molar-refractivity contribution < 1.29 is 19.1 Å². The van der Waals surface area contributed by atoms with Gasteiger partial charge in [0.25, 0.3) is 0 Å². The predicted octanol–water partition coefficient (Wildman–Crippen LogP) is 6.29. The fraction of sp³-hybridized carbons (Fsp3) is 0.520. The standard InChI is InChI=1S/C25H34O4/c1-7-8-9-10-20-14-23(28-18(5)26)25(24(15-20)29-19(6)27)22-13-17(4)11-12-21(22)16(2)3/h13-15,21-22H,2,7-12H2,1,3-6H3/t21-,22-/m1/s1. The SMILES string of the molecule is C=C(C)[C@H]1CCC(C)=C[C@H]1c1c(OC(C)=O)cc(CCCCC)cc1OC(C)=O. The smallest absolute Gasteiger partial charge is 0.308 e. The number of aryl methyl sites for hydroxylation is 1. The minimum absolute atomic E-state index is 0.0466. The van der Waals surface area contributed by atoms with Gasteiger partial charge < -0.3 is 9.47 Å². The van der Waals surface area contributed by atoms with Crippen LogP contribution in [-0.2, 0) is 16.0 Å². The molecule has 4 heteroatoms. The van der Waals surface area contributed by atoms with Gasteiger partial charge in [-0.15, -0.1) is 0 Å². The average Bonchev–Trinajstić information content (AvgIpc) is 2.60. The monoisotopic (exact) mass is 398 g/mol. The molecule has 2 rings (SSSR count). The first-order valence-corrected chi connectivity index (χ1v) is 10.6. The number of hydrogen-bond donors (Lipinski definition) is 0. The maximum atomic E-state index is 11.9. The Bertz CT molecular complexity index is 766. The van der Waals surface area contributed by atoms with Crippen molar-refractivity contribution >= 4 is 11.9 Å². The van der Waals surface area contributed by atoms with Gasteiger partial charge in [-0.05, 0) is 63.1 Å². The molecule has 0 aromatic heterocycles. The highest BCUT2D eigenvalue weighted by molar-refractivity contribution is 5.73. The number of rotatable bonds is 8. The summed E-state index contributed by atoms with van der Waals surface area (Å²) in [5, 5.41) is 0. The second-order valence-electron chi connectivity index (χ2n) is 8.18. The normalized spacial score (nSPS) is 18.7. The molecule has 29 heavy (non-hydrogen) atoms. The lowest BCUT2D eigenvalue weighted by atomic mass is 9.73. The molecule has 0 fully saturated rings. The molecule has 158 valence electrons. The van der Waals surface area contributed by atoms with Gasteiger partial charge >= 0.3 is 11.9 Å². The van der Waals surface area contributed by atoms with Crippen LogP contribution in [0.3, 0.4) is 0 Å². The zero-order valence-corrected chi connectivity index (χ0v) is 18.5. The molecule has 2 atom stereocenters. The number of esters is 2. The minimum atomic E-state index is -0.380. The Balaban J connectivity index is 2.64. The molecule has 0 saturated carbocycles. The van der Waals surface area contributed by atoms with Crippen LogP contribution in [0.25, 0.3) is 0 Å². The van der Waals surface area contributed by atoms with Crippen LogP contribution in [0.2, 0.25) is 0 Å². The lowest BCUT2D eigenvalue weighted by Gasteiger charge is -2.32. The molecule has 1 aromatic rings. The summed E-state index contributed by atoms with van der Waals surface area (Å²) in [6.07, 6.45) is 8.31. The minimum Gasteiger partial charge on any atom is -0.426 e. The van der Waals surface area contributed by atoms with Crippen molar-refractivity contribution in [2.24, 2.45) is 5.92 Å². The highest BCUT2D eigenvalue weighted by Gasteiger charge is 2.32. The summed E-state index contributed by atoms with van der Waals surface area (Å²) >= 11 is 0. The van der Waals surface area contributed by atoms with E-state index in [4.69, 9.17) is 9.47 Å². The van der Waals surface area contributed by atoms with Gasteiger partial charge in [-0.1, -0.05) is 43.6 Å². The van der Waals surface area contributed by atoms with E-state index in [1.165, 1.54) is 19.4 Å². The lowest BCUT2D eigenvalue weighted by molar-refractivity contribution is -0.132. The molecule has 1 aromatic carbocycles. The lowest BCUT2D eigenvalue weighted by Crippen LogP contribution is -2.20. The molecular formula is C25H34O4. The first kappa shape index (κ1) is 22.9. The average molecular weight is 399 g/mol. The fourth-order valence-electron chi connectivity index (χ4n) is 4.09. The van der Waals surface area contributed by atoms with Gasteiger partial charge in [0, 0.05) is 25.3 Å². The summed E-state index contributed by atoms with van der Waals surface area (Å²) in [5.41, 5.74) is 4.13. The summed E-state index contributed by atoms with van der Waals surface area (Å²) in [5.74, 6) is 0.376. The van der Waals surface area contributed by atoms with Gasteiger partial charge in [0.05, 0.1) is 0 Å². The molecule has 1 aliphatic carbocycles. The fourth-order valence-corrected chi connectivity index (χ4v) is 4.09. The molecule has 0 unspecified atom stereocenters. The number of carbonyl (C=O) groups excluding carboxylic acids is 2. The van der Waals surface area contributed by atoms with Crippen LogP contribution >= 0.6 is 0 Å². The first-order chi connectivity index (χ1) is 13.7. The largest absolute Gasteiger partial charge is 0.426 e. The number of carbonyl (C=O) groups is 2. The number of unbranched alkanes of at least 4 members (excludes halogenated alkanes) is 2. The van der Waals surface area contributed by atoms with Crippen LogP contribution < -0.4 is 9.47 Å². The molecule has 1 aliphatic rings. The third-order valence-electron chi connectivity index (χ3n) is 5.45. The van der Waals surface area contributed by atoms with E-state index in [9.17, 15) is 9.59 Å². The maximum absolute atomic E-state index is 11.9. The van der Waals surface area contributed by atoms with E-state index in [2.05, 4.69) is 26.5 Å². The molecule has 0 N–H and O–H groups in total. The van der Waals surface area contributed by atoms with Gasteiger partial charge in [0.1, 0.15) is 11.5 Å². The van der Waals surface area contributed by atoms with E-state index < -0.39 is 0 Å². The topological polar surface area (TPSA) is 52.6 Å². The van der Waals surface area contributed by atoms with Crippen LogP contribution in [0.4, 0.5) is 0 Å². The molecule has 0 bridgehead atoms. The van der Waals surface area contributed by atoms with Crippen LogP contribution in [0.15, 0.2) is 35.9 Å². The molecule has 0 radical (unpaired) electrons. The Kier molecular flexibility index (Phi) is 8.24. The quantitative estimate of drug-likeness (QED) is 0.224. The second kappa shape index (κ2) is 10.4. The molecule has 0 heterocycles. The van der Waals surface area contributed by atoms with Crippen molar-refractivity contribution in [3.63, 3.8) is 0 Å². The highest BCUT2D eigenvalue weighted by atomic mass is 16.5. The van der Waals surface area contributed by atoms with Gasteiger partial charge in [0.15, 0.2) is 0 Å². The van der Waals surface area contributed by atoms with Crippen molar-refractivity contribution in [3.8, 4) is 11.5 Å². The van der Waals surface area contributed by atoms with Gasteiger partial charge in [0.2, 0.25) is 0 Å². The van der Waals surface area contributed by atoms with E-state index >= 15 is 0 Å². The molecule has 0 spiro atoms. The number of hydrogen-bond acceptors (Lipinski definition) is 4. The summed E-state index contributed by atoms with van der Waals surface area (Å²) in [6, 6.07) is 3.87. The summed E-state index contributed by atoms with van der Waals surface area (Å²) < 4.78 is 11.3. The Morgan fingerprint density at radius 2 is 1.66 bits per heavy atom. The van der Waals surface area contributed by atoms with Gasteiger partial charge in [-0.2, -0.15) is 0 Å². The molecule has 0 aliphatic heterocycles. The van der Waals surface area contributed by atoms with E-state index in [1.807, 2.05) is 19.1 Å². The van der Waals surface area contributed by atoms with E-state index in [0.29, 0.717) is 11.5 Å². The maximum Gasteiger partial charge on any atom is 0.308 e. The third kappa shape index (κ3) is 6.31. The first-order valence-electron chi connectivity index (χ1n) is 10.6. The zero-order valence-electron chi connectivity index (χ0n) is 18.5. The van der Waals surface area contributed by atoms with E-state index in [1.54, 1.807) is 0 Å². The molecule has 0 amide bonds. The molecule has 0 saturated heterocycles. The van der Waals surface area contributed by atoms with E-state index in [0.717, 1.165) is 55.2 Å². The van der Waals surface area contributed by atoms with Gasteiger partial charge in [-0.25, -0.2) is 0 Å². The van der Waals surface area contributed by atoms with E-state index in [-0.39, 0.29) is 23.8 Å². The Hall–Kier alpha value is -2.36. The van der Waals surface area contributed by atoms with Crippen LogP contribution in [0.5, 0.6) is 11.5 Å². The predicted molar refractivity (Wildman–Crippen MR) is 116 cm³/mol. The number of allylic oxidation sites excluding steroid dienone is 3. The van der Waals surface area contributed by atoms with Crippen molar-refractivity contribution in [2.75, 3.05) is 0 Å². The van der Waals surface area contributed by atoms with Gasteiger partial charge in [-0.3, -0.25) is 9.59 Å². The van der Waals surface area contributed by atoms with Crippen LogP contribution in [-0.4, -0.2) is 11.9 Å². The van der Waals surface area contributed by atoms with Crippen molar-refractivity contribution in [1.82, 2.24) is 0 Å². The zero-order chi connectivity index (χ0) is 21.6. The number of ether oxygens (including phenoxy) is 2. The summed E-state index contributed by atoms with van der Waals surface area (Å²) in [7, 11) is 0. The Morgan fingerprint density at radius 3 is 2.14 bits per heavy atom. The third-order valence-corrected chi connectivity index (χ3v) is 5.45. The summed E-state index contributed by atoms with van der Waals surface area (Å²) in [6.45, 7) is 13.3. The summed E-state index contributed by atoms with van der Waals surface area (Å²) in [4.78, 5) is 23.7. The number of benzene rings is 1. The Morgan fingerprint density at radius 1 is 1.07 bits per heavy atom. The highest BCUT2D eigenvalue weighted by Crippen LogP contribution is 2.47. The second-order valence-corrected chi connectivity index (χ2v) is 8.18.